The van der Waals surface area contributed by atoms with Gasteiger partial charge in [0.05, 0.1) is 0 Å². The van der Waals surface area contributed by atoms with Crippen molar-refractivity contribution in [3.05, 3.63) is 28.2 Å². The van der Waals surface area contributed by atoms with E-state index < -0.39 is 0 Å². The van der Waals surface area contributed by atoms with Crippen LogP contribution in [0.25, 0.3) is 0 Å². The van der Waals surface area contributed by atoms with Crippen molar-refractivity contribution >= 4 is 21.6 Å². The Kier molecular flexibility index (Phi) is 8.35. The van der Waals surface area contributed by atoms with E-state index in [0.29, 0.717) is 12.1 Å². The SMILES string of the molecule is CCCCCN(c1ccc(C(C)NCC)c(Br)c1)C(C)C. The van der Waals surface area contributed by atoms with Gasteiger partial charge < -0.3 is 10.2 Å². The summed E-state index contributed by atoms with van der Waals surface area (Å²) >= 11 is 3.75. The van der Waals surface area contributed by atoms with Crippen LogP contribution in [0.2, 0.25) is 0 Å². The van der Waals surface area contributed by atoms with Gasteiger partial charge in [-0.1, -0.05) is 48.7 Å². The highest BCUT2D eigenvalue weighted by atomic mass is 79.9. The first-order chi connectivity index (χ1) is 10.0. The Labute approximate surface area is 139 Å². The van der Waals surface area contributed by atoms with Crippen molar-refractivity contribution in [2.45, 2.75) is 66.0 Å². The molecule has 1 atom stereocenters. The fourth-order valence-electron chi connectivity index (χ4n) is 2.68. The Morgan fingerprint density at radius 1 is 1.14 bits per heavy atom. The maximum atomic E-state index is 3.75. The molecule has 1 unspecified atom stereocenters. The molecule has 0 spiro atoms. The van der Waals surface area contributed by atoms with E-state index in [-0.39, 0.29) is 0 Å². The smallest absolute Gasteiger partial charge is 0.0380 e. The summed E-state index contributed by atoms with van der Waals surface area (Å²) in [6.07, 6.45) is 3.84. The molecule has 0 aliphatic heterocycles. The van der Waals surface area contributed by atoms with Crippen molar-refractivity contribution in [3.8, 4) is 0 Å². The Hall–Kier alpha value is -0.540. The molecule has 0 amide bonds. The molecule has 0 bridgehead atoms. The van der Waals surface area contributed by atoms with Crippen LogP contribution in [-0.2, 0) is 0 Å². The molecule has 0 saturated heterocycles. The van der Waals surface area contributed by atoms with Crippen molar-refractivity contribution in [3.63, 3.8) is 0 Å². The minimum atomic E-state index is 0.381. The van der Waals surface area contributed by atoms with Gasteiger partial charge in [-0.3, -0.25) is 0 Å². The highest BCUT2D eigenvalue weighted by Crippen LogP contribution is 2.29. The zero-order valence-corrected chi connectivity index (χ0v) is 15.8. The second kappa shape index (κ2) is 9.47. The van der Waals surface area contributed by atoms with Crippen molar-refractivity contribution in [2.75, 3.05) is 18.0 Å². The molecule has 21 heavy (non-hydrogen) atoms. The number of nitrogens with zero attached hydrogens (tertiary/aromatic N) is 1. The molecule has 0 aromatic heterocycles. The number of unbranched alkanes of at least 4 members (excludes halogenated alkanes) is 2. The molecular formula is C18H31BrN2. The van der Waals surface area contributed by atoms with Gasteiger partial charge in [-0.05, 0) is 51.4 Å². The van der Waals surface area contributed by atoms with Crippen LogP contribution >= 0.6 is 15.9 Å². The van der Waals surface area contributed by atoms with Crippen LogP contribution in [0.3, 0.4) is 0 Å². The van der Waals surface area contributed by atoms with Gasteiger partial charge in [0.25, 0.3) is 0 Å². The third kappa shape index (κ3) is 5.63. The third-order valence-electron chi connectivity index (χ3n) is 3.92. The predicted octanol–water partition coefficient (Wildman–Crippen LogP) is 5.52. The Balaban J connectivity index is 2.87. The Morgan fingerprint density at radius 3 is 2.38 bits per heavy atom. The van der Waals surface area contributed by atoms with Gasteiger partial charge in [0.1, 0.15) is 0 Å². The van der Waals surface area contributed by atoms with E-state index in [1.807, 2.05) is 0 Å². The summed E-state index contributed by atoms with van der Waals surface area (Å²) in [5.74, 6) is 0. The molecule has 0 heterocycles. The number of rotatable bonds is 9. The van der Waals surface area contributed by atoms with Gasteiger partial charge in [-0.2, -0.15) is 0 Å². The van der Waals surface area contributed by atoms with Crippen LogP contribution in [-0.4, -0.2) is 19.1 Å². The summed E-state index contributed by atoms with van der Waals surface area (Å²) in [5, 5.41) is 3.47. The third-order valence-corrected chi connectivity index (χ3v) is 4.61. The summed E-state index contributed by atoms with van der Waals surface area (Å²) < 4.78 is 1.20. The number of hydrogen-bond acceptors (Lipinski definition) is 2. The largest absolute Gasteiger partial charge is 0.369 e. The summed E-state index contributed by atoms with van der Waals surface area (Å²) in [7, 11) is 0. The quantitative estimate of drug-likeness (QED) is 0.587. The van der Waals surface area contributed by atoms with E-state index in [4.69, 9.17) is 0 Å². The van der Waals surface area contributed by atoms with Gasteiger partial charge in [0.15, 0.2) is 0 Å². The van der Waals surface area contributed by atoms with Gasteiger partial charge >= 0.3 is 0 Å². The number of anilines is 1. The normalized spacial score (nSPS) is 12.7. The Bertz CT molecular complexity index is 418. The molecular weight excluding hydrogens is 324 g/mol. The molecule has 0 fully saturated rings. The van der Waals surface area contributed by atoms with Crippen molar-refractivity contribution in [1.29, 1.82) is 0 Å². The van der Waals surface area contributed by atoms with Crippen LogP contribution in [0.15, 0.2) is 22.7 Å². The first-order valence-corrected chi connectivity index (χ1v) is 9.10. The lowest BCUT2D eigenvalue weighted by molar-refractivity contribution is 0.595. The lowest BCUT2D eigenvalue weighted by Gasteiger charge is -2.30. The molecule has 1 N–H and O–H groups in total. The fraction of sp³-hybridized carbons (Fsp3) is 0.667. The van der Waals surface area contributed by atoms with Gasteiger partial charge in [0, 0.05) is 28.8 Å². The molecule has 0 aliphatic rings. The highest BCUT2D eigenvalue weighted by molar-refractivity contribution is 9.10. The molecule has 0 saturated carbocycles. The first-order valence-electron chi connectivity index (χ1n) is 8.30. The molecule has 3 heteroatoms. The van der Waals surface area contributed by atoms with Crippen molar-refractivity contribution < 1.29 is 0 Å². The standard InChI is InChI=1S/C18H31BrN2/c1-6-8-9-12-21(14(3)4)16-10-11-17(18(19)13-16)15(5)20-7-2/h10-11,13-15,20H,6-9,12H2,1-5H3. The molecule has 0 aliphatic carbocycles. The molecule has 1 aromatic carbocycles. The van der Waals surface area contributed by atoms with E-state index >= 15 is 0 Å². The summed E-state index contributed by atoms with van der Waals surface area (Å²) in [6, 6.07) is 7.70. The second-order valence-corrected chi connectivity index (χ2v) is 6.83. The van der Waals surface area contributed by atoms with Crippen LogP contribution in [0.4, 0.5) is 5.69 Å². The van der Waals surface area contributed by atoms with E-state index in [9.17, 15) is 0 Å². The van der Waals surface area contributed by atoms with Gasteiger partial charge in [-0.25, -0.2) is 0 Å². The van der Waals surface area contributed by atoms with E-state index in [2.05, 4.69) is 79.0 Å². The molecule has 1 rings (SSSR count). The lowest BCUT2D eigenvalue weighted by Crippen LogP contribution is -2.31. The van der Waals surface area contributed by atoms with Gasteiger partial charge in [0.2, 0.25) is 0 Å². The second-order valence-electron chi connectivity index (χ2n) is 5.98. The van der Waals surface area contributed by atoms with Crippen molar-refractivity contribution in [1.82, 2.24) is 5.32 Å². The fourth-order valence-corrected chi connectivity index (χ4v) is 3.39. The number of benzene rings is 1. The van der Waals surface area contributed by atoms with Crippen molar-refractivity contribution in [2.24, 2.45) is 0 Å². The number of nitrogens with one attached hydrogen (secondary N) is 1. The maximum Gasteiger partial charge on any atom is 0.0380 e. The van der Waals surface area contributed by atoms with E-state index in [1.165, 1.54) is 35.0 Å². The summed E-state index contributed by atoms with van der Waals surface area (Å²) in [4.78, 5) is 2.50. The Morgan fingerprint density at radius 2 is 1.86 bits per heavy atom. The zero-order chi connectivity index (χ0) is 15.8. The average Bonchev–Trinajstić information content (AvgIpc) is 2.43. The van der Waals surface area contributed by atoms with Crippen LogP contribution < -0.4 is 10.2 Å². The monoisotopic (exact) mass is 354 g/mol. The minimum Gasteiger partial charge on any atom is -0.369 e. The van der Waals surface area contributed by atoms with Crippen LogP contribution in [0.5, 0.6) is 0 Å². The maximum absolute atomic E-state index is 3.75. The summed E-state index contributed by atoms with van der Waals surface area (Å²) in [5.41, 5.74) is 2.65. The highest BCUT2D eigenvalue weighted by Gasteiger charge is 2.14. The zero-order valence-electron chi connectivity index (χ0n) is 14.2. The molecule has 2 nitrogen and oxygen atoms in total. The number of halogens is 1. The van der Waals surface area contributed by atoms with Crippen LogP contribution in [0, 0.1) is 0 Å². The van der Waals surface area contributed by atoms with Crippen LogP contribution in [0.1, 0.15) is 65.5 Å². The molecule has 1 aromatic rings. The predicted molar refractivity (Wildman–Crippen MR) is 98.2 cm³/mol. The van der Waals surface area contributed by atoms with E-state index in [0.717, 1.165) is 13.1 Å². The van der Waals surface area contributed by atoms with Gasteiger partial charge in [-0.15, -0.1) is 0 Å². The lowest BCUT2D eigenvalue weighted by atomic mass is 10.1. The average molecular weight is 355 g/mol. The van der Waals surface area contributed by atoms with E-state index in [1.54, 1.807) is 0 Å². The number of hydrogen-bond donors (Lipinski definition) is 1. The minimum absolute atomic E-state index is 0.381. The molecule has 120 valence electrons. The first kappa shape index (κ1) is 18.5. The topological polar surface area (TPSA) is 15.3 Å². The summed E-state index contributed by atoms with van der Waals surface area (Å²) in [6.45, 7) is 13.3. The molecule has 0 radical (unpaired) electrons.